The van der Waals surface area contributed by atoms with Crippen molar-refractivity contribution in [3.05, 3.63) is 0 Å². The zero-order valence-corrected chi connectivity index (χ0v) is 26.6. The Labute approximate surface area is 267 Å². The smallest absolute Gasteiger partial charge is 0.106 e. The summed E-state index contributed by atoms with van der Waals surface area (Å²) < 4.78 is 15.8. The fraction of sp³-hybridized carbons (Fsp3) is 1.00. The number of hydrogen-bond acceptors (Lipinski definition) is 8. The zero-order chi connectivity index (χ0) is 27.1. The average Bonchev–Trinajstić information content (AvgIpc) is 3.73. The zero-order valence-electron chi connectivity index (χ0n) is 25.1. The van der Waals surface area contributed by atoms with Gasteiger partial charge in [-0.15, -0.1) is 0 Å². The molecule has 0 spiro atoms. The second kappa shape index (κ2) is 12.2. The Hall–Kier alpha value is 0.350. The summed E-state index contributed by atoms with van der Waals surface area (Å²) in [7, 11) is 0. The molecule has 8 N–H and O–H groups in total. The van der Waals surface area contributed by atoms with E-state index in [-0.39, 0.29) is 53.0 Å². The summed E-state index contributed by atoms with van der Waals surface area (Å²) in [4.78, 5) is 0. The molecule has 10 heteroatoms. The van der Waals surface area contributed by atoms with Crippen molar-refractivity contribution >= 4 is 0 Å². The van der Waals surface area contributed by atoms with Gasteiger partial charge in [0.15, 0.2) is 0 Å². The first kappa shape index (κ1) is 29.7. The minimum absolute atomic E-state index is 0. The maximum Gasteiger partial charge on any atom is 0.106 e. The largest absolute Gasteiger partial charge is 0.286 e. The van der Waals surface area contributed by atoms with Crippen LogP contribution in [-0.4, -0.2) is 55.5 Å². The van der Waals surface area contributed by atoms with Gasteiger partial charge in [0.05, 0.1) is 49.3 Å². The van der Waals surface area contributed by atoms with Gasteiger partial charge in [-0.25, -0.2) is 4.39 Å². The van der Waals surface area contributed by atoms with Crippen LogP contribution >= 0.6 is 0 Å². The fourth-order valence-electron chi connectivity index (χ4n) is 12.0. The molecule has 4 aliphatic carbocycles. The first-order chi connectivity index (χ1) is 20.2. The van der Waals surface area contributed by atoms with Crippen molar-refractivity contribution in [3.63, 3.8) is 0 Å². The summed E-state index contributed by atoms with van der Waals surface area (Å²) in [6, 6.07) is 0. The summed E-state index contributed by atoms with van der Waals surface area (Å²) in [5, 5.41) is 32.9. The van der Waals surface area contributed by atoms with Crippen molar-refractivity contribution in [2.45, 2.75) is 152 Å². The van der Waals surface area contributed by atoms with Gasteiger partial charge in [-0.2, -0.15) is 0 Å². The number of fused-ring (bicyclic) bond motifs is 20. The van der Waals surface area contributed by atoms with Gasteiger partial charge < -0.3 is 0 Å². The molecular weight excluding hydrogens is 623 g/mol. The van der Waals surface area contributed by atoms with Crippen LogP contribution in [0, 0.1) is 47.3 Å². The van der Waals surface area contributed by atoms with E-state index in [9.17, 15) is 0 Å². The molecule has 0 aromatic heterocycles. The van der Waals surface area contributed by atoms with E-state index < -0.39 is 6.17 Å². The molecule has 1 radical (unpaired) electrons. The summed E-state index contributed by atoms with van der Waals surface area (Å²) in [6.07, 6.45) is 20.2. The predicted octanol–water partition coefficient (Wildman–Crippen LogP) is 2.55. The first-order valence-electron chi connectivity index (χ1n) is 17.9. The van der Waals surface area contributed by atoms with Crippen molar-refractivity contribution in [2.24, 2.45) is 47.3 Å². The van der Waals surface area contributed by atoms with E-state index in [1.165, 1.54) is 77.0 Å². The molecule has 5 saturated heterocycles. The van der Waals surface area contributed by atoms with E-state index in [2.05, 4.69) is 42.5 Å². The topological polar surface area (TPSA) is 96.2 Å². The number of halogens is 1. The van der Waals surface area contributed by atoms with E-state index in [1.807, 2.05) is 0 Å². The van der Waals surface area contributed by atoms with Gasteiger partial charge in [-0.3, -0.25) is 42.5 Å². The molecule has 4 saturated carbocycles. The molecule has 0 aromatic rings. The second-order valence-electron chi connectivity index (χ2n) is 15.7. The van der Waals surface area contributed by atoms with Crippen LogP contribution in [0.4, 0.5) is 4.39 Å². The summed E-state index contributed by atoms with van der Waals surface area (Å²) >= 11 is 0. The van der Waals surface area contributed by atoms with Crippen molar-refractivity contribution in [2.75, 3.05) is 0 Å². The molecule has 5 heterocycles. The van der Waals surface area contributed by atoms with Crippen molar-refractivity contribution in [1.29, 1.82) is 0 Å². The van der Waals surface area contributed by atoms with Gasteiger partial charge in [0.2, 0.25) is 0 Å². The SMILES string of the molecule is FC1CCCC2C3NC4NC(NC5NC(NC6NC(NC(N3)C12)C1CCCCC61)C1CCCCC51)C1CCCCC41.[Ag]. The van der Waals surface area contributed by atoms with E-state index in [4.69, 9.17) is 0 Å². The second-order valence-corrected chi connectivity index (χ2v) is 15.7. The number of nitrogens with one attached hydrogen (secondary N) is 8. The van der Waals surface area contributed by atoms with E-state index in [0.29, 0.717) is 66.1 Å². The molecule has 5 aliphatic heterocycles. The molecule has 8 nitrogen and oxygen atoms in total. The molecule has 17 unspecified atom stereocenters. The van der Waals surface area contributed by atoms with Gasteiger partial charge in [-0.05, 0) is 92.8 Å². The summed E-state index contributed by atoms with van der Waals surface area (Å²) in [6.45, 7) is 0. The Morgan fingerprint density at radius 3 is 0.905 bits per heavy atom. The van der Waals surface area contributed by atoms with Gasteiger partial charge in [-0.1, -0.05) is 44.9 Å². The third-order valence-electron chi connectivity index (χ3n) is 13.8. The molecule has 0 aromatic carbocycles. The molecule has 17 atom stereocenters. The molecule has 0 amide bonds. The van der Waals surface area contributed by atoms with Gasteiger partial charge >= 0.3 is 0 Å². The third kappa shape index (κ3) is 5.04. The van der Waals surface area contributed by atoms with Crippen LogP contribution < -0.4 is 42.5 Å². The van der Waals surface area contributed by atoms with Crippen LogP contribution in [-0.2, 0) is 22.4 Å². The molecule has 9 aliphatic rings. The first-order valence-corrected chi connectivity index (χ1v) is 17.9. The van der Waals surface area contributed by atoms with E-state index in [0.717, 1.165) is 19.3 Å². The van der Waals surface area contributed by atoms with Crippen LogP contribution in [0.3, 0.4) is 0 Å². The summed E-state index contributed by atoms with van der Waals surface area (Å²) in [5.41, 5.74) is 0. The van der Waals surface area contributed by atoms with Crippen molar-refractivity contribution < 1.29 is 26.8 Å². The third-order valence-corrected chi connectivity index (χ3v) is 13.8. The van der Waals surface area contributed by atoms with Gasteiger partial charge in [0.1, 0.15) is 6.17 Å². The van der Waals surface area contributed by atoms with E-state index >= 15 is 4.39 Å². The molecule has 241 valence electrons. The molecule has 9 fully saturated rings. The monoisotopic (exact) mass is 677 g/mol. The van der Waals surface area contributed by atoms with Crippen LogP contribution in [0.1, 0.15) is 96.3 Å². The molecule has 42 heavy (non-hydrogen) atoms. The Bertz CT molecular complexity index is 959. The van der Waals surface area contributed by atoms with Crippen molar-refractivity contribution in [3.8, 4) is 0 Å². The average molecular weight is 679 g/mol. The Morgan fingerprint density at radius 1 is 0.310 bits per heavy atom. The quantitative estimate of drug-likeness (QED) is 0.186. The molecule has 9 rings (SSSR count). The number of rotatable bonds is 0. The standard InChI is InChI=1S/C32H55FN8.Ag/c33-23-15-7-14-22-24(23)32-40-30-21-13-6-5-12-20(21)28(38-30)36-26-17-9-2-1-8-16(17)25(34-26)35-27-18-10-3-4-11-19(18)29(37-27)39-31(22)41-32;/h16-32,34-41H,1-15H2;. The normalized spacial score (nSPS) is 56.9. The molecule has 8 bridgehead atoms. The Balaban J connectivity index is 0.00000267. The van der Waals surface area contributed by atoms with E-state index in [1.54, 1.807) is 0 Å². The Kier molecular flexibility index (Phi) is 8.62. The maximum atomic E-state index is 15.8. The predicted molar refractivity (Wildman–Crippen MR) is 157 cm³/mol. The van der Waals surface area contributed by atoms with Crippen LogP contribution in [0.15, 0.2) is 0 Å². The van der Waals surface area contributed by atoms with Crippen LogP contribution in [0.5, 0.6) is 0 Å². The minimum Gasteiger partial charge on any atom is -0.286 e. The molecular formula is C32H55AgFN8. The van der Waals surface area contributed by atoms with Gasteiger partial charge in [0, 0.05) is 28.3 Å². The van der Waals surface area contributed by atoms with Crippen molar-refractivity contribution in [1.82, 2.24) is 42.5 Å². The number of hydrogen-bond donors (Lipinski definition) is 8. The fourth-order valence-corrected chi connectivity index (χ4v) is 12.0. The maximum absolute atomic E-state index is 15.8. The van der Waals surface area contributed by atoms with Crippen LogP contribution in [0.25, 0.3) is 0 Å². The van der Waals surface area contributed by atoms with Gasteiger partial charge in [0.25, 0.3) is 0 Å². The Morgan fingerprint density at radius 2 is 0.571 bits per heavy atom. The number of alkyl halides is 1. The summed E-state index contributed by atoms with van der Waals surface area (Å²) in [5.74, 6) is 4.36. The minimum atomic E-state index is -0.721. The van der Waals surface area contributed by atoms with Crippen LogP contribution in [0.2, 0.25) is 0 Å².